The molecule has 3 aromatic heterocycles. The fourth-order valence-electron chi connectivity index (χ4n) is 1.83. The summed E-state index contributed by atoms with van der Waals surface area (Å²) in [5, 5.41) is 12.2. The van der Waals surface area contributed by atoms with Gasteiger partial charge in [-0.05, 0) is 35.9 Å². The highest BCUT2D eigenvalue weighted by Crippen LogP contribution is 2.22. The van der Waals surface area contributed by atoms with Crippen LogP contribution in [0.1, 0.15) is 20.1 Å². The quantitative estimate of drug-likeness (QED) is 0.422. The zero-order valence-electron chi connectivity index (χ0n) is 11.1. The molecule has 0 saturated heterocycles. The van der Waals surface area contributed by atoms with Crippen LogP contribution in [0.2, 0.25) is 0 Å². The molecule has 3 aromatic rings. The standard InChI is InChI=1S/C12H12N6O2S/c1-7-8(5-10(21-7)12(19)14-13)6-18-16-11(15-17-18)9-3-2-4-20-9/h2-5H,6,13H2,1H3,(H,14,19). The first-order valence-corrected chi connectivity index (χ1v) is 6.91. The van der Waals surface area contributed by atoms with E-state index in [1.165, 1.54) is 16.1 Å². The van der Waals surface area contributed by atoms with E-state index in [1.54, 1.807) is 24.5 Å². The Bertz CT molecular complexity index is 761. The Balaban J connectivity index is 1.81. The lowest BCUT2D eigenvalue weighted by molar-refractivity contribution is 0.0957. The highest BCUT2D eigenvalue weighted by molar-refractivity contribution is 7.14. The largest absolute Gasteiger partial charge is 0.461 e. The summed E-state index contributed by atoms with van der Waals surface area (Å²) in [5.41, 5.74) is 3.06. The van der Waals surface area contributed by atoms with Gasteiger partial charge >= 0.3 is 0 Å². The molecule has 1 amide bonds. The summed E-state index contributed by atoms with van der Waals surface area (Å²) in [4.78, 5) is 14.5. The number of rotatable bonds is 4. The van der Waals surface area contributed by atoms with Crippen molar-refractivity contribution in [3.05, 3.63) is 39.8 Å². The van der Waals surface area contributed by atoms with Crippen LogP contribution in [0, 0.1) is 6.92 Å². The molecule has 0 unspecified atom stereocenters. The average Bonchev–Trinajstić information content (AvgIpc) is 3.19. The SMILES string of the molecule is Cc1sc(C(=O)NN)cc1Cn1nnc(-c2ccco2)n1. The molecule has 0 aliphatic rings. The molecule has 3 N–H and O–H groups in total. The number of amides is 1. The lowest BCUT2D eigenvalue weighted by atomic mass is 10.2. The van der Waals surface area contributed by atoms with E-state index in [0.29, 0.717) is 23.0 Å². The van der Waals surface area contributed by atoms with E-state index in [-0.39, 0.29) is 5.91 Å². The first kappa shape index (κ1) is 13.5. The van der Waals surface area contributed by atoms with Gasteiger partial charge in [0.05, 0.1) is 17.7 Å². The Kier molecular flexibility index (Phi) is 3.50. The Labute approximate surface area is 123 Å². The van der Waals surface area contributed by atoms with Gasteiger partial charge in [0.15, 0.2) is 5.76 Å². The van der Waals surface area contributed by atoms with Gasteiger partial charge in [-0.15, -0.1) is 21.5 Å². The number of nitrogens with zero attached hydrogens (tertiary/aromatic N) is 4. The van der Waals surface area contributed by atoms with E-state index in [0.717, 1.165) is 10.4 Å². The van der Waals surface area contributed by atoms with Crippen molar-refractivity contribution in [3.8, 4) is 11.6 Å². The van der Waals surface area contributed by atoms with Crippen molar-refractivity contribution < 1.29 is 9.21 Å². The maximum absolute atomic E-state index is 11.5. The zero-order valence-corrected chi connectivity index (χ0v) is 11.9. The van der Waals surface area contributed by atoms with Crippen molar-refractivity contribution >= 4 is 17.2 Å². The van der Waals surface area contributed by atoms with E-state index in [9.17, 15) is 4.79 Å². The number of hydrogen-bond donors (Lipinski definition) is 2. The third-order valence-electron chi connectivity index (χ3n) is 2.88. The number of carbonyl (C=O) groups excluding carboxylic acids is 1. The Morgan fingerprint density at radius 2 is 2.43 bits per heavy atom. The normalized spacial score (nSPS) is 10.8. The van der Waals surface area contributed by atoms with Crippen LogP contribution < -0.4 is 11.3 Å². The summed E-state index contributed by atoms with van der Waals surface area (Å²) in [5.74, 6) is 5.81. The predicted molar refractivity (Wildman–Crippen MR) is 75.3 cm³/mol. The molecule has 9 heteroatoms. The molecule has 8 nitrogen and oxygen atoms in total. The number of nitrogens with one attached hydrogen (secondary N) is 1. The van der Waals surface area contributed by atoms with Crippen molar-refractivity contribution in [2.45, 2.75) is 13.5 Å². The maximum Gasteiger partial charge on any atom is 0.275 e. The summed E-state index contributed by atoms with van der Waals surface area (Å²) < 4.78 is 5.21. The molecule has 21 heavy (non-hydrogen) atoms. The number of carbonyl (C=O) groups is 1. The number of aryl methyl sites for hydroxylation is 1. The van der Waals surface area contributed by atoms with Crippen LogP contribution in [0.4, 0.5) is 0 Å². The molecular formula is C12H12N6O2S. The highest BCUT2D eigenvalue weighted by Gasteiger charge is 2.14. The molecule has 0 spiro atoms. The highest BCUT2D eigenvalue weighted by atomic mass is 32.1. The Morgan fingerprint density at radius 1 is 1.57 bits per heavy atom. The molecule has 0 atom stereocenters. The third kappa shape index (κ3) is 2.69. The van der Waals surface area contributed by atoms with Crippen LogP contribution in [0.25, 0.3) is 11.6 Å². The van der Waals surface area contributed by atoms with Crippen LogP contribution >= 0.6 is 11.3 Å². The number of tetrazole rings is 1. The van der Waals surface area contributed by atoms with Gasteiger partial charge in [0.2, 0.25) is 5.82 Å². The summed E-state index contributed by atoms with van der Waals surface area (Å²) in [7, 11) is 0. The predicted octanol–water partition coefficient (Wildman–Crippen LogP) is 0.955. The Hall–Kier alpha value is -2.52. The Morgan fingerprint density at radius 3 is 3.14 bits per heavy atom. The van der Waals surface area contributed by atoms with Crippen LogP contribution in [0.15, 0.2) is 28.9 Å². The number of furan rings is 1. The summed E-state index contributed by atoms with van der Waals surface area (Å²) >= 11 is 1.37. The lowest BCUT2D eigenvalue weighted by Crippen LogP contribution is -2.29. The molecular weight excluding hydrogens is 292 g/mol. The molecule has 3 rings (SSSR count). The van der Waals surface area contributed by atoms with E-state index in [2.05, 4.69) is 20.8 Å². The molecule has 0 aliphatic carbocycles. The number of hydrogen-bond acceptors (Lipinski definition) is 7. The number of nitrogen functional groups attached to an aromatic ring is 1. The summed E-state index contributed by atoms with van der Waals surface area (Å²) in [6, 6.07) is 5.30. The van der Waals surface area contributed by atoms with Crippen LogP contribution in [0.3, 0.4) is 0 Å². The third-order valence-corrected chi connectivity index (χ3v) is 3.97. The first-order valence-electron chi connectivity index (χ1n) is 6.09. The van der Waals surface area contributed by atoms with Gasteiger partial charge in [0.25, 0.3) is 5.91 Å². The van der Waals surface area contributed by atoms with Gasteiger partial charge in [-0.3, -0.25) is 10.2 Å². The fraction of sp³-hybridized carbons (Fsp3) is 0.167. The monoisotopic (exact) mass is 304 g/mol. The van der Waals surface area contributed by atoms with Crippen molar-refractivity contribution in [1.82, 2.24) is 25.6 Å². The van der Waals surface area contributed by atoms with Gasteiger partial charge in [0, 0.05) is 4.88 Å². The number of aromatic nitrogens is 4. The summed E-state index contributed by atoms with van der Waals surface area (Å²) in [6.45, 7) is 2.35. The van der Waals surface area contributed by atoms with Gasteiger partial charge in [0.1, 0.15) is 0 Å². The number of hydrazine groups is 1. The van der Waals surface area contributed by atoms with Gasteiger partial charge < -0.3 is 4.42 Å². The fourth-order valence-corrected chi connectivity index (χ4v) is 2.76. The van der Waals surface area contributed by atoms with Crippen molar-refractivity contribution in [1.29, 1.82) is 0 Å². The van der Waals surface area contributed by atoms with E-state index >= 15 is 0 Å². The number of nitrogens with two attached hydrogens (primary N) is 1. The second-order valence-electron chi connectivity index (χ2n) is 4.29. The van der Waals surface area contributed by atoms with Gasteiger partial charge in [-0.25, -0.2) is 5.84 Å². The minimum Gasteiger partial charge on any atom is -0.461 e. The van der Waals surface area contributed by atoms with E-state index in [4.69, 9.17) is 10.3 Å². The topological polar surface area (TPSA) is 112 Å². The van der Waals surface area contributed by atoms with Gasteiger partial charge in [-0.2, -0.15) is 4.80 Å². The van der Waals surface area contributed by atoms with Crippen LogP contribution in [-0.4, -0.2) is 26.1 Å². The van der Waals surface area contributed by atoms with Crippen molar-refractivity contribution in [2.24, 2.45) is 5.84 Å². The molecule has 0 saturated carbocycles. The van der Waals surface area contributed by atoms with Crippen molar-refractivity contribution in [2.75, 3.05) is 0 Å². The zero-order chi connectivity index (χ0) is 14.8. The molecule has 0 radical (unpaired) electrons. The van der Waals surface area contributed by atoms with E-state index in [1.807, 2.05) is 6.92 Å². The van der Waals surface area contributed by atoms with Gasteiger partial charge in [-0.1, -0.05) is 0 Å². The minimum atomic E-state index is -0.308. The van der Waals surface area contributed by atoms with Crippen LogP contribution in [0.5, 0.6) is 0 Å². The molecule has 3 heterocycles. The molecule has 0 bridgehead atoms. The average molecular weight is 304 g/mol. The first-order chi connectivity index (χ1) is 10.2. The smallest absolute Gasteiger partial charge is 0.275 e. The maximum atomic E-state index is 11.5. The summed E-state index contributed by atoms with van der Waals surface area (Å²) in [6.07, 6.45) is 1.55. The molecule has 0 aromatic carbocycles. The molecule has 108 valence electrons. The second-order valence-corrected chi connectivity index (χ2v) is 5.54. The molecule has 0 aliphatic heterocycles. The number of thiophene rings is 1. The molecule has 0 fully saturated rings. The second kappa shape index (κ2) is 5.46. The minimum absolute atomic E-state index is 0.308. The van der Waals surface area contributed by atoms with Crippen LogP contribution in [-0.2, 0) is 6.54 Å². The van der Waals surface area contributed by atoms with Crippen molar-refractivity contribution in [3.63, 3.8) is 0 Å². The van der Waals surface area contributed by atoms with E-state index < -0.39 is 0 Å². The lowest BCUT2D eigenvalue weighted by Gasteiger charge is -1.97.